The first-order chi connectivity index (χ1) is 15.4. The Kier molecular flexibility index (Phi) is 7.49. The summed E-state index contributed by atoms with van der Waals surface area (Å²) in [5, 5.41) is 0. The van der Waals surface area contributed by atoms with Gasteiger partial charge in [-0.05, 0) is 84.9 Å². The molecule has 1 heterocycles. The first-order valence-electron chi connectivity index (χ1n) is 11.9. The van der Waals surface area contributed by atoms with E-state index in [2.05, 4.69) is 0 Å². The monoisotopic (exact) mass is 461 g/mol. The van der Waals surface area contributed by atoms with E-state index in [1.165, 1.54) is 12.8 Å². The summed E-state index contributed by atoms with van der Waals surface area (Å²) in [4.78, 5) is 27.5. The molecule has 33 heavy (non-hydrogen) atoms. The number of amides is 1. The van der Waals surface area contributed by atoms with Crippen molar-refractivity contribution in [1.82, 2.24) is 4.90 Å². The fourth-order valence-corrected chi connectivity index (χ4v) is 4.44. The van der Waals surface area contributed by atoms with Crippen LogP contribution < -0.4 is 9.47 Å². The van der Waals surface area contributed by atoms with Gasteiger partial charge < -0.3 is 23.8 Å². The summed E-state index contributed by atoms with van der Waals surface area (Å²) in [6, 6.07) is 5.78. The van der Waals surface area contributed by atoms with Gasteiger partial charge in [0, 0.05) is 19.0 Å². The molecular formula is C26H39NO6. The Morgan fingerprint density at radius 2 is 1.55 bits per heavy atom. The Bertz CT molecular complexity index is 847. The molecule has 1 aromatic carbocycles. The summed E-state index contributed by atoms with van der Waals surface area (Å²) in [7, 11) is 1.62. The molecule has 184 valence electrons. The first kappa shape index (κ1) is 25.2. The molecule has 2 unspecified atom stereocenters. The molecule has 1 amide bonds. The summed E-state index contributed by atoms with van der Waals surface area (Å²) >= 11 is 0. The summed E-state index contributed by atoms with van der Waals surface area (Å²) in [6.07, 6.45) is 4.15. The minimum Gasteiger partial charge on any atom is -0.493 e. The van der Waals surface area contributed by atoms with Crippen molar-refractivity contribution in [2.24, 2.45) is 5.92 Å². The Hall–Kier alpha value is -2.44. The quantitative estimate of drug-likeness (QED) is 0.553. The molecule has 1 aliphatic carbocycles. The summed E-state index contributed by atoms with van der Waals surface area (Å²) in [5.41, 5.74) is -0.304. The molecule has 7 heteroatoms. The highest BCUT2D eigenvalue weighted by Gasteiger charge is 2.44. The van der Waals surface area contributed by atoms with Crippen LogP contribution in [-0.4, -0.2) is 54.5 Å². The number of nitrogens with zero attached hydrogens (tertiary/aromatic N) is 1. The highest BCUT2D eigenvalue weighted by Crippen LogP contribution is 2.40. The SMILES string of the molecule is COc1ccc(C2CN(C(=O)OC(C)(C)C)CC2C(=O)OC(C)(C)C)cc1OC1CCCC1. The summed E-state index contributed by atoms with van der Waals surface area (Å²) in [6.45, 7) is 11.7. The second kappa shape index (κ2) is 9.82. The van der Waals surface area contributed by atoms with E-state index in [-0.39, 0.29) is 24.5 Å². The van der Waals surface area contributed by atoms with Gasteiger partial charge in [-0.15, -0.1) is 0 Å². The third kappa shape index (κ3) is 6.78. The number of hydrogen-bond donors (Lipinski definition) is 0. The van der Waals surface area contributed by atoms with Crippen LogP contribution in [-0.2, 0) is 14.3 Å². The molecule has 1 saturated heterocycles. The predicted molar refractivity (Wildman–Crippen MR) is 126 cm³/mol. The lowest BCUT2D eigenvalue weighted by molar-refractivity contribution is -0.159. The Morgan fingerprint density at radius 1 is 0.909 bits per heavy atom. The molecule has 7 nitrogen and oxygen atoms in total. The molecule has 0 radical (unpaired) electrons. The maximum Gasteiger partial charge on any atom is 0.410 e. The number of hydrogen-bond acceptors (Lipinski definition) is 6. The van der Waals surface area contributed by atoms with Crippen molar-refractivity contribution >= 4 is 12.1 Å². The molecule has 2 aliphatic rings. The van der Waals surface area contributed by atoms with E-state index in [1.54, 1.807) is 12.0 Å². The van der Waals surface area contributed by atoms with Crippen LogP contribution in [0.25, 0.3) is 0 Å². The number of esters is 1. The van der Waals surface area contributed by atoms with Gasteiger partial charge in [-0.25, -0.2) is 4.79 Å². The fraction of sp³-hybridized carbons (Fsp3) is 0.692. The van der Waals surface area contributed by atoms with E-state index in [9.17, 15) is 9.59 Å². The Morgan fingerprint density at radius 3 is 2.12 bits per heavy atom. The number of rotatable bonds is 5. The van der Waals surface area contributed by atoms with E-state index in [1.807, 2.05) is 59.7 Å². The van der Waals surface area contributed by atoms with E-state index < -0.39 is 23.2 Å². The zero-order valence-electron chi connectivity index (χ0n) is 21.1. The maximum atomic E-state index is 13.1. The first-order valence-corrected chi connectivity index (χ1v) is 11.9. The van der Waals surface area contributed by atoms with Gasteiger partial charge >= 0.3 is 12.1 Å². The van der Waals surface area contributed by atoms with Crippen LogP contribution in [0.15, 0.2) is 18.2 Å². The largest absolute Gasteiger partial charge is 0.493 e. The van der Waals surface area contributed by atoms with Gasteiger partial charge in [0.1, 0.15) is 11.2 Å². The zero-order valence-corrected chi connectivity index (χ0v) is 21.1. The molecule has 0 spiro atoms. The number of carbonyl (C=O) groups excluding carboxylic acids is 2. The molecule has 1 aliphatic heterocycles. The minimum absolute atomic E-state index is 0.178. The number of ether oxygens (including phenoxy) is 4. The van der Waals surface area contributed by atoms with Gasteiger partial charge in [-0.2, -0.15) is 0 Å². The highest BCUT2D eigenvalue weighted by molar-refractivity contribution is 5.78. The molecule has 1 saturated carbocycles. The fourth-order valence-electron chi connectivity index (χ4n) is 4.44. The van der Waals surface area contributed by atoms with Gasteiger partial charge in [0.25, 0.3) is 0 Å². The van der Waals surface area contributed by atoms with Gasteiger partial charge in [-0.3, -0.25) is 4.79 Å². The van der Waals surface area contributed by atoms with Gasteiger partial charge in [0.15, 0.2) is 11.5 Å². The van der Waals surface area contributed by atoms with Crippen molar-refractivity contribution in [2.45, 2.75) is 90.4 Å². The van der Waals surface area contributed by atoms with Crippen LogP contribution in [0.1, 0.15) is 78.7 Å². The van der Waals surface area contributed by atoms with Crippen LogP contribution in [0.4, 0.5) is 4.79 Å². The average Bonchev–Trinajstić information content (AvgIpc) is 3.35. The lowest BCUT2D eigenvalue weighted by Crippen LogP contribution is -2.36. The molecule has 2 atom stereocenters. The van der Waals surface area contributed by atoms with Crippen molar-refractivity contribution < 1.29 is 28.5 Å². The lowest BCUT2D eigenvalue weighted by Gasteiger charge is -2.25. The Balaban J connectivity index is 1.89. The smallest absolute Gasteiger partial charge is 0.410 e. The topological polar surface area (TPSA) is 74.3 Å². The molecular weight excluding hydrogens is 422 g/mol. The lowest BCUT2D eigenvalue weighted by atomic mass is 9.88. The second-order valence-electron chi connectivity index (χ2n) is 11.1. The number of likely N-dealkylation sites (tertiary alicyclic amines) is 1. The molecule has 1 aromatic rings. The van der Waals surface area contributed by atoms with Gasteiger partial charge in [-0.1, -0.05) is 6.07 Å². The normalized spacial score (nSPS) is 21.7. The third-order valence-electron chi connectivity index (χ3n) is 5.89. The zero-order chi connectivity index (χ0) is 24.4. The molecule has 2 fully saturated rings. The predicted octanol–water partition coefficient (Wildman–Crippen LogP) is 5.31. The summed E-state index contributed by atoms with van der Waals surface area (Å²) < 4.78 is 23.1. The molecule has 0 aromatic heterocycles. The van der Waals surface area contributed by atoms with E-state index in [0.717, 1.165) is 18.4 Å². The summed E-state index contributed by atoms with van der Waals surface area (Å²) in [5.74, 6) is 0.309. The number of benzene rings is 1. The van der Waals surface area contributed by atoms with Crippen LogP contribution in [0.3, 0.4) is 0 Å². The molecule has 0 N–H and O–H groups in total. The Labute approximate surface area is 197 Å². The van der Waals surface area contributed by atoms with Crippen LogP contribution in [0, 0.1) is 5.92 Å². The maximum absolute atomic E-state index is 13.1. The van der Waals surface area contributed by atoms with Crippen molar-refractivity contribution in [3.05, 3.63) is 23.8 Å². The van der Waals surface area contributed by atoms with Gasteiger partial charge in [0.2, 0.25) is 0 Å². The van der Waals surface area contributed by atoms with E-state index in [0.29, 0.717) is 18.0 Å². The van der Waals surface area contributed by atoms with E-state index in [4.69, 9.17) is 18.9 Å². The van der Waals surface area contributed by atoms with Crippen LogP contribution >= 0.6 is 0 Å². The average molecular weight is 462 g/mol. The van der Waals surface area contributed by atoms with Gasteiger partial charge in [0.05, 0.1) is 19.1 Å². The van der Waals surface area contributed by atoms with Crippen molar-refractivity contribution in [3.8, 4) is 11.5 Å². The van der Waals surface area contributed by atoms with E-state index >= 15 is 0 Å². The molecule has 3 rings (SSSR count). The highest BCUT2D eigenvalue weighted by atomic mass is 16.6. The second-order valence-corrected chi connectivity index (χ2v) is 11.1. The van der Waals surface area contributed by atoms with Crippen molar-refractivity contribution in [2.75, 3.05) is 20.2 Å². The van der Waals surface area contributed by atoms with Crippen LogP contribution in [0.5, 0.6) is 11.5 Å². The third-order valence-corrected chi connectivity index (χ3v) is 5.89. The minimum atomic E-state index is -0.613. The van der Waals surface area contributed by atoms with Crippen molar-refractivity contribution in [1.29, 1.82) is 0 Å². The number of methoxy groups -OCH3 is 1. The van der Waals surface area contributed by atoms with Crippen LogP contribution in [0.2, 0.25) is 0 Å². The van der Waals surface area contributed by atoms with Crippen molar-refractivity contribution in [3.63, 3.8) is 0 Å². The standard InChI is InChI=1S/C26H39NO6/c1-25(2,3)32-23(28)20-16-27(24(29)33-26(4,5)6)15-19(20)17-12-13-21(30-7)22(14-17)31-18-10-8-9-11-18/h12-14,18-20H,8-11,15-16H2,1-7H3. The number of carbonyl (C=O) groups is 2. The molecule has 0 bridgehead atoms.